The summed E-state index contributed by atoms with van der Waals surface area (Å²) in [5.41, 5.74) is 1.92. The molecular weight excluding hydrogens is 201 g/mol. The first-order valence-electron chi connectivity index (χ1n) is 5.57. The number of nitrogens with one attached hydrogen (secondary N) is 1. The fourth-order valence-corrected chi connectivity index (χ4v) is 1.72. The summed E-state index contributed by atoms with van der Waals surface area (Å²) in [5, 5.41) is 3.32. The maximum atomic E-state index is 13.3. The van der Waals surface area contributed by atoms with E-state index in [1.165, 1.54) is 6.07 Å². The Kier molecular flexibility index (Phi) is 5.01. The smallest absolute Gasteiger partial charge is 0.123 e. The Labute approximate surface area is 97.1 Å². The van der Waals surface area contributed by atoms with Gasteiger partial charge in [-0.25, -0.2) is 4.39 Å². The minimum Gasteiger partial charge on any atom is -0.309 e. The molecule has 1 rings (SSSR count). The molecule has 1 atom stereocenters. The number of hydrogen-bond acceptors (Lipinski definition) is 1. The summed E-state index contributed by atoms with van der Waals surface area (Å²) in [5.74, 6) is 5.73. The van der Waals surface area contributed by atoms with Crippen LogP contribution < -0.4 is 5.32 Å². The highest BCUT2D eigenvalue weighted by atomic mass is 19.1. The summed E-state index contributed by atoms with van der Waals surface area (Å²) in [4.78, 5) is 0. The predicted octanol–water partition coefficient (Wildman–Crippen LogP) is 3.20. The van der Waals surface area contributed by atoms with Gasteiger partial charge in [-0.1, -0.05) is 13.0 Å². The first-order chi connectivity index (χ1) is 7.67. The predicted molar refractivity (Wildman–Crippen MR) is 65.6 cm³/mol. The molecule has 0 aromatic heterocycles. The maximum absolute atomic E-state index is 13.3. The van der Waals surface area contributed by atoms with Crippen LogP contribution in [-0.4, -0.2) is 6.54 Å². The van der Waals surface area contributed by atoms with E-state index in [2.05, 4.69) is 17.2 Å². The Hall–Kier alpha value is -1.33. The van der Waals surface area contributed by atoms with Crippen molar-refractivity contribution in [3.8, 4) is 11.8 Å². The Morgan fingerprint density at radius 1 is 1.38 bits per heavy atom. The van der Waals surface area contributed by atoms with Gasteiger partial charge in [0.2, 0.25) is 0 Å². The molecule has 0 spiro atoms. The Bertz CT molecular complexity index is 381. The van der Waals surface area contributed by atoms with Gasteiger partial charge in [-0.2, -0.15) is 0 Å². The molecule has 0 saturated heterocycles. The van der Waals surface area contributed by atoms with Crippen LogP contribution in [0.3, 0.4) is 0 Å². The maximum Gasteiger partial charge on any atom is 0.123 e. The quantitative estimate of drug-likeness (QED) is 0.767. The van der Waals surface area contributed by atoms with E-state index in [-0.39, 0.29) is 11.9 Å². The highest BCUT2D eigenvalue weighted by molar-refractivity contribution is 5.27. The summed E-state index contributed by atoms with van der Waals surface area (Å²) < 4.78 is 13.3. The summed E-state index contributed by atoms with van der Waals surface area (Å²) in [6.07, 6.45) is 0.716. The van der Waals surface area contributed by atoms with Crippen LogP contribution in [0.5, 0.6) is 0 Å². The van der Waals surface area contributed by atoms with Crippen LogP contribution in [-0.2, 0) is 0 Å². The van der Waals surface area contributed by atoms with Crippen LogP contribution in [0, 0.1) is 24.6 Å². The molecule has 0 fully saturated rings. The Morgan fingerprint density at radius 2 is 2.12 bits per heavy atom. The second-order valence-corrected chi connectivity index (χ2v) is 3.80. The van der Waals surface area contributed by atoms with Crippen molar-refractivity contribution in [2.24, 2.45) is 0 Å². The number of halogens is 1. The van der Waals surface area contributed by atoms with Crippen molar-refractivity contribution in [1.82, 2.24) is 5.32 Å². The van der Waals surface area contributed by atoms with Crippen molar-refractivity contribution in [1.29, 1.82) is 0 Å². The van der Waals surface area contributed by atoms with Gasteiger partial charge in [0.15, 0.2) is 0 Å². The molecule has 16 heavy (non-hydrogen) atoms. The molecule has 0 aliphatic rings. The molecule has 0 aliphatic carbocycles. The minimum atomic E-state index is -0.178. The second-order valence-electron chi connectivity index (χ2n) is 3.80. The molecule has 0 aliphatic heterocycles. The third-order valence-corrected chi connectivity index (χ3v) is 2.40. The van der Waals surface area contributed by atoms with Gasteiger partial charge in [0.25, 0.3) is 0 Å². The molecule has 0 bridgehead atoms. The second kappa shape index (κ2) is 6.30. The van der Waals surface area contributed by atoms with Crippen molar-refractivity contribution >= 4 is 0 Å². The van der Waals surface area contributed by atoms with Gasteiger partial charge in [0.1, 0.15) is 5.82 Å². The largest absolute Gasteiger partial charge is 0.309 e. The van der Waals surface area contributed by atoms with E-state index in [1.807, 2.05) is 26.8 Å². The average Bonchev–Trinajstić information content (AvgIpc) is 2.22. The fraction of sp³-hybridized carbons (Fsp3) is 0.429. The molecule has 0 heterocycles. The van der Waals surface area contributed by atoms with Crippen molar-refractivity contribution in [2.45, 2.75) is 33.2 Å². The zero-order valence-electron chi connectivity index (χ0n) is 10.1. The Balaban J connectivity index is 2.93. The van der Waals surface area contributed by atoms with E-state index >= 15 is 0 Å². The zero-order chi connectivity index (χ0) is 12.0. The van der Waals surface area contributed by atoms with E-state index in [4.69, 9.17) is 0 Å². The molecule has 1 aromatic rings. The van der Waals surface area contributed by atoms with E-state index in [0.29, 0.717) is 6.42 Å². The van der Waals surface area contributed by atoms with Crippen molar-refractivity contribution < 1.29 is 4.39 Å². The van der Waals surface area contributed by atoms with Crippen molar-refractivity contribution in [2.75, 3.05) is 6.54 Å². The molecule has 1 unspecified atom stereocenters. The molecule has 86 valence electrons. The van der Waals surface area contributed by atoms with E-state index in [0.717, 1.165) is 17.7 Å². The lowest BCUT2D eigenvalue weighted by Gasteiger charge is -2.16. The number of rotatable bonds is 4. The standard InChI is InChI=1S/C14H18FN/c1-4-6-7-14(16-5-2)12-8-11(3)9-13(15)10-12/h8-10,14,16H,5,7H2,1-3H3. The molecule has 0 amide bonds. The van der Waals surface area contributed by atoms with Gasteiger partial charge in [0.05, 0.1) is 0 Å². The minimum absolute atomic E-state index is 0.117. The summed E-state index contributed by atoms with van der Waals surface area (Å²) in [6, 6.07) is 5.25. The average molecular weight is 219 g/mol. The third kappa shape index (κ3) is 3.67. The van der Waals surface area contributed by atoms with Gasteiger partial charge >= 0.3 is 0 Å². The molecule has 2 heteroatoms. The lowest BCUT2D eigenvalue weighted by Crippen LogP contribution is -2.20. The van der Waals surface area contributed by atoms with Crippen LogP contribution in [0.1, 0.15) is 37.4 Å². The van der Waals surface area contributed by atoms with Crippen LogP contribution >= 0.6 is 0 Å². The number of benzene rings is 1. The van der Waals surface area contributed by atoms with Crippen molar-refractivity contribution in [3.63, 3.8) is 0 Å². The molecular formula is C14H18FN. The topological polar surface area (TPSA) is 12.0 Å². The van der Waals surface area contributed by atoms with Crippen LogP contribution in [0.15, 0.2) is 18.2 Å². The lowest BCUT2D eigenvalue weighted by molar-refractivity contribution is 0.555. The molecule has 1 nitrogen and oxygen atoms in total. The van der Waals surface area contributed by atoms with E-state index in [9.17, 15) is 4.39 Å². The summed E-state index contributed by atoms with van der Waals surface area (Å²) in [7, 11) is 0. The van der Waals surface area contributed by atoms with Gasteiger partial charge in [-0.05, 0) is 43.7 Å². The molecule has 1 aromatic carbocycles. The van der Waals surface area contributed by atoms with Crippen LogP contribution in [0.4, 0.5) is 4.39 Å². The normalized spacial score (nSPS) is 11.8. The first kappa shape index (κ1) is 12.7. The first-order valence-corrected chi connectivity index (χ1v) is 5.57. The Morgan fingerprint density at radius 3 is 2.69 bits per heavy atom. The summed E-state index contributed by atoms with van der Waals surface area (Å²) >= 11 is 0. The molecule has 0 radical (unpaired) electrons. The van der Waals surface area contributed by atoms with Gasteiger partial charge in [-0.3, -0.25) is 0 Å². The van der Waals surface area contributed by atoms with E-state index in [1.54, 1.807) is 6.07 Å². The highest BCUT2D eigenvalue weighted by Crippen LogP contribution is 2.19. The van der Waals surface area contributed by atoms with E-state index < -0.39 is 0 Å². The van der Waals surface area contributed by atoms with Gasteiger partial charge < -0.3 is 5.32 Å². The molecule has 1 N–H and O–H groups in total. The third-order valence-electron chi connectivity index (χ3n) is 2.40. The lowest BCUT2D eigenvalue weighted by atomic mass is 10.0. The van der Waals surface area contributed by atoms with Gasteiger partial charge in [0, 0.05) is 12.5 Å². The highest BCUT2D eigenvalue weighted by Gasteiger charge is 2.10. The zero-order valence-corrected chi connectivity index (χ0v) is 10.1. The monoisotopic (exact) mass is 219 g/mol. The summed E-state index contributed by atoms with van der Waals surface area (Å²) in [6.45, 7) is 6.62. The van der Waals surface area contributed by atoms with Crippen molar-refractivity contribution in [3.05, 3.63) is 35.1 Å². The fourth-order valence-electron chi connectivity index (χ4n) is 1.72. The molecule has 0 saturated carbocycles. The van der Waals surface area contributed by atoms with Crippen LogP contribution in [0.2, 0.25) is 0 Å². The van der Waals surface area contributed by atoms with Crippen LogP contribution in [0.25, 0.3) is 0 Å². The van der Waals surface area contributed by atoms with Gasteiger partial charge in [-0.15, -0.1) is 11.8 Å². The number of hydrogen-bond donors (Lipinski definition) is 1. The SMILES string of the molecule is CC#CCC(NCC)c1cc(C)cc(F)c1. The number of aryl methyl sites for hydroxylation is 1.